The number of aromatic hydroxyl groups is 1. The second-order valence-corrected chi connectivity index (χ2v) is 5.82. The number of H-pyrrole nitrogens is 2. The number of phenolic OH excluding ortho intramolecular Hbond substituents is 1. The maximum Gasteiger partial charge on any atom is 0.286 e. The normalized spacial score (nSPS) is 10.9. The minimum Gasteiger partial charge on any atom is -0.506 e. The second-order valence-electron chi connectivity index (χ2n) is 5.82. The van der Waals surface area contributed by atoms with Gasteiger partial charge in [-0.1, -0.05) is 18.2 Å². The van der Waals surface area contributed by atoms with E-state index in [-0.39, 0.29) is 17.3 Å². The molecule has 0 radical (unpaired) electrons. The summed E-state index contributed by atoms with van der Waals surface area (Å²) in [7, 11) is 0. The van der Waals surface area contributed by atoms with E-state index < -0.39 is 29.1 Å². The molecule has 2 heterocycles. The number of phenols is 1. The average Bonchev–Trinajstić information content (AvgIpc) is 3.31. The predicted octanol–water partition coefficient (Wildman–Crippen LogP) is 2.21. The summed E-state index contributed by atoms with van der Waals surface area (Å²) in [5.41, 5.74) is 5.35. The molecule has 0 aliphatic carbocycles. The van der Waals surface area contributed by atoms with Crippen molar-refractivity contribution >= 4 is 34.5 Å². The Morgan fingerprint density at radius 2 is 1.93 bits per heavy atom. The number of carbonyl (C=O) groups is 2. The van der Waals surface area contributed by atoms with Crippen LogP contribution in [0.4, 0.5) is 16.0 Å². The fraction of sp³-hybridized carbons (Fsp3) is 0. The number of benzene rings is 2. The lowest BCUT2D eigenvalue weighted by atomic mass is 10.2. The molecular weight excluding hydrogens is 367 g/mol. The molecular formula is C18H13FN6O3. The number of nitrogens with one attached hydrogen (secondary N) is 2. The number of aromatic nitrogens is 4. The minimum absolute atomic E-state index is 0.0648. The number of nitrogens with two attached hydrogens (primary N) is 1. The largest absolute Gasteiger partial charge is 0.506 e. The van der Waals surface area contributed by atoms with Gasteiger partial charge in [0.25, 0.3) is 11.8 Å². The van der Waals surface area contributed by atoms with Gasteiger partial charge < -0.3 is 20.8 Å². The summed E-state index contributed by atoms with van der Waals surface area (Å²) in [5.74, 6) is -3.25. The van der Waals surface area contributed by atoms with Crippen LogP contribution >= 0.6 is 0 Å². The smallest absolute Gasteiger partial charge is 0.286 e. The highest BCUT2D eigenvalue weighted by Crippen LogP contribution is 2.36. The highest BCUT2D eigenvalue weighted by Gasteiger charge is 2.31. The number of para-hydroxylation sites is 3. The number of hydrogen-bond acceptors (Lipinski definition) is 5. The highest BCUT2D eigenvalue weighted by molar-refractivity contribution is 6.14. The van der Waals surface area contributed by atoms with E-state index in [2.05, 4.69) is 19.9 Å². The Morgan fingerprint density at radius 1 is 1.14 bits per heavy atom. The van der Waals surface area contributed by atoms with Crippen LogP contribution in [-0.2, 0) is 0 Å². The van der Waals surface area contributed by atoms with Crippen molar-refractivity contribution in [3.05, 3.63) is 66.0 Å². The number of fused-ring (bicyclic) bond motifs is 1. The Labute approximate surface area is 156 Å². The number of halogens is 1. The van der Waals surface area contributed by atoms with Gasteiger partial charge >= 0.3 is 0 Å². The molecule has 5 N–H and O–H groups in total. The lowest BCUT2D eigenvalue weighted by Crippen LogP contribution is -2.30. The summed E-state index contributed by atoms with van der Waals surface area (Å²) in [5, 5.41) is 10.2. The van der Waals surface area contributed by atoms with Gasteiger partial charge in [0.05, 0.1) is 17.4 Å². The third-order valence-electron chi connectivity index (χ3n) is 4.07. The standard InChI is InChI=1S/C18H13FN6O3/c19-9-4-3-7-12(26)15(9)25(17(28)14-13(16(20)27)21-8-22-14)18-23-10-5-1-2-6-11(10)24-18/h1-8,26H,(H2,20,27)(H,21,22)(H,23,24). The van der Waals surface area contributed by atoms with Crippen LogP contribution in [0.5, 0.6) is 5.75 Å². The number of primary amides is 1. The van der Waals surface area contributed by atoms with Crippen molar-refractivity contribution in [3.8, 4) is 5.75 Å². The zero-order chi connectivity index (χ0) is 19.8. The number of aromatic amines is 2. The quantitative estimate of drug-likeness (QED) is 0.429. The Hall–Kier alpha value is -4.21. The Bertz CT molecular complexity index is 1160. The van der Waals surface area contributed by atoms with Crippen LogP contribution in [0.25, 0.3) is 11.0 Å². The number of amides is 2. The van der Waals surface area contributed by atoms with Gasteiger partial charge in [-0.25, -0.2) is 19.3 Å². The lowest BCUT2D eigenvalue weighted by Gasteiger charge is -2.21. The van der Waals surface area contributed by atoms with E-state index in [1.165, 1.54) is 12.1 Å². The summed E-state index contributed by atoms with van der Waals surface area (Å²) in [6, 6.07) is 10.5. The first-order valence-electron chi connectivity index (χ1n) is 8.07. The van der Waals surface area contributed by atoms with Gasteiger partial charge in [0.15, 0.2) is 11.5 Å². The van der Waals surface area contributed by atoms with Gasteiger partial charge in [-0.3, -0.25) is 9.59 Å². The summed E-state index contributed by atoms with van der Waals surface area (Å²) < 4.78 is 14.6. The molecule has 0 atom stereocenters. The van der Waals surface area contributed by atoms with Crippen molar-refractivity contribution in [1.82, 2.24) is 19.9 Å². The molecule has 2 amide bonds. The molecule has 0 bridgehead atoms. The van der Waals surface area contributed by atoms with Gasteiger partial charge in [0.1, 0.15) is 17.1 Å². The Balaban J connectivity index is 1.95. The average molecular weight is 380 g/mol. The van der Waals surface area contributed by atoms with Gasteiger partial charge in [-0.05, 0) is 24.3 Å². The molecule has 4 aromatic rings. The number of nitrogens with zero attached hydrogens (tertiary/aromatic N) is 3. The number of anilines is 2. The third-order valence-corrected chi connectivity index (χ3v) is 4.07. The third kappa shape index (κ3) is 2.72. The topological polar surface area (TPSA) is 141 Å². The van der Waals surface area contributed by atoms with Gasteiger partial charge in [-0.15, -0.1) is 0 Å². The fourth-order valence-electron chi connectivity index (χ4n) is 2.82. The van der Waals surface area contributed by atoms with E-state index >= 15 is 0 Å². The Morgan fingerprint density at radius 3 is 2.64 bits per heavy atom. The fourth-order valence-corrected chi connectivity index (χ4v) is 2.82. The van der Waals surface area contributed by atoms with Gasteiger partial charge in [0.2, 0.25) is 5.95 Å². The molecule has 0 saturated carbocycles. The molecule has 0 aliphatic heterocycles. The van der Waals surface area contributed by atoms with E-state index in [1.807, 2.05) is 0 Å². The number of carbonyl (C=O) groups excluding carboxylic acids is 2. The van der Waals surface area contributed by atoms with Crippen LogP contribution in [0.15, 0.2) is 48.8 Å². The van der Waals surface area contributed by atoms with Crippen LogP contribution in [0.1, 0.15) is 21.0 Å². The maximum atomic E-state index is 14.6. The molecule has 0 unspecified atom stereocenters. The predicted molar refractivity (Wildman–Crippen MR) is 97.7 cm³/mol. The van der Waals surface area contributed by atoms with Crippen LogP contribution < -0.4 is 10.6 Å². The first-order chi connectivity index (χ1) is 13.5. The van der Waals surface area contributed by atoms with E-state index in [9.17, 15) is 19.1 Å². The Kier molecular flexibility index (Phi) is 4.00. The first kappa shape index (κ1) is 17.2. The molecule has 140 valence electrons. The van der Waals surface area contributed by atoms with E-state index in [0.717, 1.165) is 17.3 Å². The van der Waals surface area contributed by atoms with E-state index in [4.69, 9.17) is 5.73 Å². The molecule has 4 rings (SSSR count). The molecule has 0 saturated heterocycles. The van der Waals surface area contributed by atoms with Crippen LogP contribution in [0, 0.1) is 5.82 Å². The van der Waals surface area contributed by atoms with E-state index in [0.29, 0.717) is 11.0 Å². The maximum absolute atomic E-state index is 14.6. The van der Waals surface area contributed by atoms with Crippen molar-refractivity contribution < 1.29 is 19.1 Å². The zero-order valence-electron chi connectivity index (χ0n) is 14.2. The molecule has 10 heteroatoms. The zero-order valence-corrected chi connectivity index (χ0v) is 14.2. The monoisotopic (exact) mass is 380 g/mol. The molecule has 0 aliphatic rings. The molecule has 2 aromatic heterocycles. The summed E-state index contributed by atoms with van der Waals surface area (Å²) in [6.07, 6.45) is 1.12. The number of hydrogen-bond donors (Lipinski definition) is 4. The van der Waals surface area contributed by atoms with Crippen LogP contribution in [0.2, 0.25) is 0 Å². The molecule has 0 spiro atoms. The summed E-state index contributed by atoms with van der Waals surface area (Å²) >= 11 is 0. The lowest BCUT2D eigenvalue weighted by molar-refractivity contribution is 0.0960. The SMILES string of the molecule is NC(=O)c1[nH]cnc1C(=O)N(c1nc2ccccc2[nH]1)c1c(O)cccc1F. The number of imidazole rings is 2. The first-order valence-corrected chi connectivity index (χ1v) is 8.07. The van der Waals surface area contributed by atoms with Crippen molar-refractivity contribution in [2.45, 2.75) is 0 Å². The van der Waals surface area contributed by atoms with Crippen molar-refractivity contribution in [2.24, 2.45) is 5.73 Å². The highest BCUT2D eigenvalue weighted by atomic mass is 19.1. The second kappa shape index (κ2) is 6.50. The van der Waals surface area contributed by atoms with Crippen molar-refractivity contribution in [3.63, 3.8) is 0 Å². The molecule has 28 heavy (non-hydrogen) atoms. The van der Waals surface area contributed by atoms with Crippen LogP contribution in [-0.4, -0.2) is 36.9 Å². The number of rotatable bonds is 4. The molecule has 0 fully saturated rings. The minimum atomic E-state index is -0.914. The molecule has 2 aromatic carbocycles. The van der Waals surface area contributed by atoms with Crippen molar-refractivity contribution in [1.29, 1.82) is 0 Å². The van der Waals surface area contributed by atoms with Crippen LogP contribution in [0.3, 0.4) is 0 Å². The molecule has 9 nitrogen and oxygen atoms in total. The summed E-state index contributed by atoms with van der Waals surface area (Å²) in [6.45, 7) is 0. The van der Waals surface area contributed by atoms with Gasteiger partial charge in [-0.2, -0.15) is 0 Å². The van der Waals surface area contributed by atoms with Crippen molar-refractivity contribution in [2.75, 3.05) is 4.90 Å². The van der Waals surface area contributed by atoms with Gasteiger partial charge in [0, 0.05) is 0 Å². The summed E-state index contributed by atoms with van der Waals surface area (Å²) in [4.78, 5) is 39.1. The van der Waals surface area contributed by atoms with E-state index in [1.54, 1.807) is 24.3 Å².